The van der Waals surface area contributed by atoms with Gasteiger partial charge in [0.1, 0.15) is 11.3 Å². The molecule has 0 fully saturated rings. The molecule has 21 heavy (non-hydrogen) atoms. The van der Waals surface area contributed by atoms with Crippen LogP contribution in [-0.2, 0) is 0 Å². The molecule has 1 unspecified atom stereocenters. The van der Waals surface area contributed by atoms with Crippen LogP contribution >= 0.6 is 11.8 Å². The first kappa shape index (κ1) is 14.1. The van der Waals surface area contributed by atoms with E-state index in [1.165, 1.54) is 4.90 Å². The van der Waals surface area contributed by atoms with E-state index in [-0.39, 0.29) is 6.04 Å². The smallest absolute Gasteiger partial charge is 0.134 e. The van der Waals surface area contributed by atoms with E-state index >= 15 is 0 Å². The van der Waals surface area contributed by atoms with Crippen LogP contribution in [0, 0.1) is 0 Å². The van der Waals surface area contributed by atoms with E-state index in [1.807, 2.05) is 30.0 Å². The Labute approximate surface area is 129 Å². The minimum Gasteiger partial charge on any atom is -0.459 e. The van der Waals surface area contributed by atoms with Gasteiger partial charge in [-0.15, -0.1) is 11.8 Å². The van der Waals surface area contributed by atoms with Crippen LogP contribution in [0.2, 0.25) is 0 Å². The Kier molecular flexibility index (Phi) is 4.20. The fourth-order valence-electron chi connectivity index (χ4n) is 2.39. The highest BCUT2D eigenvalue weighted by Gasteiger charge is 2.12. The summed E-state index contributed by atoms with van der Waals surface area (Å²) >= 11 is 1.85. The van der Waals surface area contributed by atoms with Crippen LogP contribution in [0.4, 0.5) is 5.69 Å². The Morgan fingerprint density at radius 3 is 2.67 bits per heavy atom. The molecular formula is C18H19NOS. The van der Waals surface area contributed by atoms with Gasteiger partial charge in [0, 0.05) is 16.0 Å². The fourth-order valence-corrected chi connectivity index (χ4v) is 3.16. The molecule has 3 rings (SSSR count). The Morgan fingerprint density at radius 2 is 1.86 bits per heavy atom. The van der Waals surface area contributed by atoms with Gasteiger partial charge in [0.05, 0.1) is 6.04 Å². The summed E-state index contributed by atoms with van der Waals surface area (Å²) < 4.78 is 5.93. The van der Waals surface area contributed by atoms with E-state index < -0.39 is 0 Å². The molecule has 0 aliphatic rings. The third-order valence-electron chi connectivity index (χ3n) is 3.43. The van der Waals surface area contributed by atoms with Crippen molar-refractivity contribution in [2.24, 2.45) is 0 Å². The molecule has 0 saturated carbocycles. The normalized spacial score (nSPS) is 12.5. The molecule has 3 heteroatoms. The van der Waals surface area contributed by atoms with Crippen molar-refractivity contribution in [3.8, 4) is 0 Å². The zero-order valence-electron chi connectivity index (χ0n) is 12.3. The fraction of sp³-hybridized carbons (Fsp3) is 0.222. The first-order chi connectivity index (χ1) is 10.3. The third-order valence-corrected chi connectivity index (χ3v) is 4.39. The van der Waals surface area contributed by atoms with E-state index in [1.54, 1.807) is 0 Å². The molecule has 0 radical (unpaired) electrons. The summed E-state index contributed by atoms with van der Waals surface area (Å²) in [6.45, 7) is 4.30. The lowest BCUT2D eigenvalue weighted by atomic mass is 10.2. The van der Waals surface area contributed by atoms with Crippen LogP contribution < -0.4 is 5.32 Å². The van der Waals surface area contributed by atoms with Crippen molar-refractivity contribution in [1.29, 1.82) is 0 Å². The molecular weight excluding hydrogens is 278 g/mol. The maximum absolute atomic E-state index is 5.93. The lowest BCUT2D eigenvalue weighted by Crippen LogP contribution is -2.06. The van der Waals surface area contributed by atoms with Crippen molar-refractivity contribution in [2.75, 3.05) is 11.1 Å². The number of hydrogen-bond donors (Lipinski definition) is 1. The van der Waals surface area contributed by atoms with E-state index in [9.17, 15) is 0 Å². The number of fused-ring (bicyclic) bond motifs is 1. The zero-order chi connectivity index (χ0) is 14.7. The molecule has 1 N–H and O–H groups in total. The first-order valence-corrected chi connectivity index (χ1v) is 8.23. The minimum absolute atomic E-state index is 0.135. The molecule has 0 bridgehead atoms. The summed E-state index contributed by atoms with van der Waals surface area (Å²) in [5.41, 5.74) is 2.11. The lowest BCUT2D eigenvalue weighted by molar-refractivity contribution is 0.526. The molecule has 2 nitrogen and oxygen atoms in total. The van der Waals surface area contributed by atoms with Crippen LogP contribution in [-0.4, -0.2) is 5.75 Å². The largest absolute Gasteiger partial charge is 0.459 e. The highest BCUT2D eigenvalue weighted by atomic mass is 32.2. The standard InChI is InChI=1S/C18H19NOS/c1-3-21-18-11-7-5-9-15(18)19-13(2)17-12-14-8-4-6-10-16(14)20-17/h4-13,19H,3H2,1-2H3. The molecule has 1 heterocycles. The summed E-state index contributed by atoms with van der Waals surface area (Å²) in [6, 6.07) is 18.8. The predicted octanol–water partition coefficient (Wildman–Crippen LogP) is 5.72. The average Bonchev–Trinajstić information content (AvgIpc) is 2.93. The van der Waals surface area contributed by atoms with Crippen LogP contribution in [0.25, 0.3) is 11.0 Å². The van der Waals surface area contributed by atoms with Gasteiger partial charge in [0.15, 0.2) is 0 Å². The number of benzene rings is 2. The molecule has 3 aromatic rings. The van der Waals surface area contributed by atoms with Gasteiger partial charge in [-0.3, -0.25) is 0 Å². The lowest BCUT2D eigenvalue weighted by Gasteiger charge is -2.15. The molecule has 0 aliphatic heterocycles. The number of para-hydroxylation sites is 2. The van der Waals surface area contributed by atoms with Gasteiger partial charge in [-0.2, -0.15) is 0 Å². The van der Waals surface area contributed by atoms with E-state index in [4.69, 9.17) is 4.42 Å². The van der Waals surface area contributed by atoms with Gasteiger partial charge in [0.2, 0.25) is 0 Å². The minimum atomic E-state index is 0.135. The number of nitrogens with one attached hydrogen (secondary N) is 1. The summed E-state index contributed by atoms with van der Waals surface area (Å²) in [5.74, 6) is 2.03. The van der Waals surface area contributed by atoms with Gasteiger partial charge in [-0.1, -0.05) is 37.3 Å². The van der Waals surface area contributed by atoms with Crippen LogP contribution in [0.3, 0.4) is 0 Å². The second kappa shape index (κ2) is 6.27. The first-order valence-electron chi connectivity index (χ1n) is 7.24. The van der Waals surface area contributed by atoms with Crippen LogP contribution in [0.15, 0.2) is 63.9 Å². The second-order valence-corrected chi connectivity index (χ2v) is 6.29. The maximum atomic E-state index is 5.93. The number of rotatable bonds is 5. The van der Waals surface area contributed by atoms with Crippen molar-refractivity contribution < 1.29 is 4.42 Å². The van der Waals surface area contributed by atoms with Gasteiger partial charge < -0.3 is 9.73 Å². The average molecular weight is 297 g/mol. The maximum Gasteiger partial charge on any atom is 0.134 e. The van der Waals surface area contributed by atoms with Gasteiger partial charge in [-0.25, -0.2) is 0 Å². The van der Waals surface area contributed by atoms with E-state index in [0.29, 0.717) is 0 Å². The number of thioether (sulfide) groups is 1. The van der Waals surface area contributed by atoms with Gasteiger partial charge in [0.25, 0.3) is 0 Å². The van der Waals surface area contributed by atoms with Crippen LogP contribution in [0.1, 0.15) is 25.6 Å². The van der Waals surface area contributed by atoms with E-state index in [0.717, 1.165) is 28.2 Å². The second-order valence-electron chi connectivity index (χ2n) is 4.98. The molecule has 0 saturated heterocycles. The van der Waals surface area contributed by atoms with E-state index in [2.05, 4.69) is 55.6 Å². The quantitative estimate of drug-likeness (QED) is 0.610. The van der Waals surface area contributed by atoms with Gasteiger partial charge in [-0.05, 0) is 36.9 Å². The number of furan rings is 1. The molecule has 0 amide bonds. The molecule has 1 aromatic heterocycles. The molecule has 0 aliphatic carbocycles. The summed E-state index contributed by atoms with van der Waals surface area (Å²) in [6.07, 6.45) is 0. The highest BCUT2D eigenvalue weighted by Crippen LogP contribution is 2.31. The number of anilines is 1. The Bertz CT molecular complexity index is 702. The molecule has 0 spiro atoms. The Balaban J connectivity index is 1.84. The van der Waals surface area contributed by atoms with Crippen molar-refractivity contribution in [3.05, 3.63) is 60.4 Å². The Morgan fingerprint density at radius 1 is 1.10 bits per heavy atom. The summed E-state index contributed by atoms with van der Waals surface area (Å²) in [5, 5.41) is 4.71. The molecule has 2 aromatic carbocycles. The molecule has 1 atom stereocenters. The van der Waals surface area contributed by atoms with Crippen molar-refractivity contribution >= 4 is 28.4 Å². The summed E-state index contributed by atoms with van der Waals surface area (Å²) in [7, 11) is 0. The van der Waals surface area contributed by atoms with Crippen molar-refractivity contribution in [2.45, 2.75) is 24.8 Å². The van der Waals surface area contributed by atoms with Crippen molar-refractivity contribution in [1.82, 2.24) is 0 Å². The Hall–Kier alpha value is -1.87. The summed E-state index contributed by atoms with van der Waals surface area (Å²) in [4.78, 5) is 1.28. The monoisotopic (exact) mass is 297 g/mol. The molecule has 108 valence electrons. The number of hydrogen-bond acceptors (Lipinski definition) is 3. The highest BCUT2D eigenvalue weighted by molar-refractivity contribution is 7.99. The third kappa shape index (κ3) is 3.08. The SMILES string of the molecule is CCSc1ccccc1NC(C)c1cc2ccccc2o1. The van der Waals surface area contributed by atoms with Gasteiger partial charge >= 0.3 is 0 Å². The van der Waals surface area contributed by atoms with Crippen LogP contribution in [0.5, 0.6) is 0 Å². The predicted molar refractivity (Wildman–Crippen MR) is 91.1 cm³/mol. The van der Waals surface area contributed by atoms with Crippen molar-refractivity contribution in [3.63, 3.8) is 0 Å². The zero-order valence-corrected chi connectivity index (χ0v) is 13.1. The topological polar surface area (TPSA) is 25.2 Å².